The van der Waals surface area contributed by atoms with Crippen LogP contribution in [0.2, 0.25) is 0 Å². The summed E-state index contributed by atoms with van der Waals surface area (Å²) < 4.78 is 0. The number of fused-ring (bicyclic) bond motifs is 1. The standard InChI is InChI=1S/C17H26N2O/c1-3-15(18-4-2)9-7-12-19-13-11-14-8-5-6-10-16(14)17(19)20/h5-6,8,10,15,18H,3-4,7,9,11-13H2,1-2H3. The number of benzene rings is 1. The zero-order valence-corrected chi connectivity index (χ0v) is 12.7. The van der Waals surface area contributed by atoms with Gasteiger partial charge >= 0.3 is 0 Å². The molecule has 0 spiro atoms. The third-order valence-electron chi connectivity index (χ3n) is 4.15. The third-order valence-corrected chi connectivity index (χ3v) is 4.15. The van der Waals surface area contributed by atoms with Crippen LogP contribution in [0.15, 0.2) is 24.3 Å². The van der Waals surface area contributed by atoms with E-state index in [1.54, 1.807) is 0 Å². The van der Waals surface area contributed by atoms with E-state index >= 15 is 0 Å². The van der Waals surface area contributed by atoms with Gasteiger partial charge in [0, 0.05) is 24.7 Å². The molecule has 1 heterocycles. The highest BCUT2D eigenvalue weighted by Gasteiger charge is 2.23. The average molecular weight is 274 g/mol. The number of hydrogen-bond acceptors (Lipinski definition) is 2. The molecule has 0 aliphatic carbocycles. The fourth-order valence-electron chi connectivity index (χ4n) is 2.96. The summed E-state index contributed by atoms with van der Waals surface area (Å²) in [5.41, 5.74) is 2.10. The minimum absolute atomic E-state index is 0.211. The molecule has 0 saturated carbocycles. The van der Waals surface area contributed by atoms with Crippen LogP contribution in [0.4, 0.5) is 0 Å². The lowest BCUT2D eigenvalue weighted by molar-refractivity contribution is 0.0735. The van der Waals surface area contributed by atoms with E-state index in [1.165, 1.54) is 5.56 Å². The van der Waals surface area contributed by atoms with E-state index in [0.717, 1.165) is 50.9 Å². The van der Waals surface area contributed by atoms with Crippen molar-refractivity contribution < 1.29 is 4.79 Å². The van der Waals surface area contributed by atoms with E-state index < -0.39 is 0 Å². The first-order chi connectivity index (χ1) is 9.76. The molecule has 1 aromatic carbocycles. The molecular weight excluding hydrogens is 248 g/mol. The summed E-state index contributed by atoms with van der Waals surface area (Å²) in [5, 5.41) is 3.49. The van der Waals surface area contributed by atoms with E-state index in [1.807, 2.05) is 23.1 Å². The van der Waals surface area contributed by atoms with Gasteiger partial charge in [0.1, 0.15) is 0 Å². The SMILES string of the molecule is CCNC(CC)CCCN1CCc2ccccc2C1=O. The molecule has 0 aromatic heterocycles. The van der Waals surface area contributed by atoms with Crippen molar-refractivity contribution in [3.05, 3.63) is 35.4 Å². The minimum Gasteiger partial charge on any atom is -0.338 e. The first-order valence-electron chi connectivity index (χ1n) is 7.86. The van der Waals surface area contributed by atoms with Gasteiger partial charge in [-0.2, -0.15) is 0 Å². The van der Waals surface area contributed by atoms with Crippen molar-refractivity contribution >= 4 is 5.91 Å². The molecule has 1 aromatic rings. The summed E-state index contributed by atoms with van der Waals surface area (Å²) in [6, 6.07) is 8.59. The molecule has 1 amide bonds. The number of carbonyl (C=O) groups excluding carboxylic acids is 1. The molecule has 20 heavy (non-hydrogen) atoms. The second-order valence-electron chi connectivity index (χ2n) is 5.50. The normalized spacial score (nSPS) is 16.1. The number of amides is 1. The van der Waals surface area contributed by atoms with Gasteiger partial charge in [-0.25, -0.2) is 0 Å². The predicted octanol–water partition coefficient (Wildman–Crippen LogP) is 2.85. The van der Waals surface area contributed by atoms with Crippen LogP contribution in [0.3, 0.4) is 0 Å². The fraction of sp³-hybridized carbons (Fsp3) is 0.588. The Kier molecular flexibility index (Phi) is 5.60. The van der Waals surface area contributed by atoms with Crippen LogP contribution in [0.5, 0.6) is 0 Å². The predicted molar refractivity (Wildman–Crippen MR) is 83.0 cm³/mol. The molecule has 3 heteroatoms. The summed E-state index contributed by atoms with van der Waals surface area (Å²) in [4.78, 5) is 14.4. The van der Waals surface area contributed by atoms with Crippen LogP contribution in [0.1, 0.15) is 49.0 Å². The van der Waals surface area contributed by atoms with Crippen LogP contribution < -0.4 is 5.32 Å². The maximum atomic E-state index is 12.4. The summed E-state index contributed by atoms with van der Waals surface area (Å²) in [7, 11) is 0. The summed E-state index contributed by atoms with van der Waals surface area (Å²) in [6.45, 7) is 7.14. The Bertz CT molecular complexity index is 444. The van der Waals surface area contributed by atoms with E-state index in [4.69, 9.17) is 0 Å². The molecule has 1 N–H and O–H groups in total. The van der Waals surface area contributed by atoms with Crippen LogP contribution in [0.25, 0.3) is 0 Å². The maximum Gasteiger partial charge on any atom is 0.254 e. The van der Waals surface area contributed by atoms with Gasteiger partial charge in [0.2, 0.25) is 0 Å². The summed E-state index contributed by atoms with van der Waals surface area (Å²) in [6.07, 6.45) is 4.38. The van der Waals surface area contributed by atoms with E-state index in [-0.39, 0.29) is 5.91 Å². The highest BCUT2D eigenvalue weighted by molar-refractivity contribution is 5.96. The molecule has 0 bridgehead atoms. The Morgan fingerprint density at radius 2 is 2.10 bits per heavy atom. The Hall–Kier alpha value is -1.35. The zero-order chi connectivity index (χ0) is 14.4. The molecule has 2 rings (SSSR count). The first-order valence-corrected chi connectivity index (χ1v) is 7.86. The van der Waals surface area contributed by atoms with Crippen LogP contribution in [0, 0.1) is 0 Å². The lowest BCUT2D eigenvalue weighted by atomic mass is 9.98. The topological polar surface area (TPSA) is 32.3 Å². The van der Waals surface area contributed by atoms with Crippen molar-refractivity contribution in [2.24, 2.45) is 0 Å². The van der Waals surface area contributed by atoms with Gasteiger partial charge in [-0.1, -0.05) is 32.0 Å². The Morgan fingerprint density at radius 1 is 1.30 bits per heavy atom. The van der Waals surface area contributed by atoms with Crippen molar-refractivity contribution in [2.75, 3.05) is 19.6 Å². The fourth-order valence-corrected chi connectivity index (χ4v) is 2.96. The van der Waals surface area contributed by atoms with Crippen LogP contribution in [-0.2, 0) is 6.42 Å². The maximum absolute atomic E-state index is 12.4. The molecule has 1 unspecified atom stereocenters. The van der Waals surface area contributed by atoms with E-state index in [0.29, 0.717) is 6.04 Å². The van der Waals surface area contributed by atoms with Gasteiger partial charge in [0.15, 0.2) is 0 Å². The number of nitrogens with zero attached hydrogens (tertiary/aromatic N) is 1. The Balaban J connectivity index is 1.85. The smallest absolute Gasteiger partial charge is 0.254 e. The average Bonchev–Trinajstić information content (AvgIpc) is 2.49. The molecular formula is C17H26N2O. The lowest BCUT2D eigenvalue weighted by Crippen LogP contribution is -2.39. The number of rotatable bonds is 7. The third kappa shape index (κ3) is 3.60. The van der Waals surface area contributed by atoms with Crippen LogP contribution >= 0.6 is 0 Å². The number of hydrogen-bond donors (Lipinski definition) is 1. The quantitative estimate of drug-likeness (QED) is 0.829. The highest BCUT2D eigenvalue weighted by atomic mass is 16.2. The molecule has 0 radical (unpaired) electrons. The second-order valence-corrected chi connectivity index (χ2v) is 5.50. The first kappa shape index (κ1) is 15.0. The largest absolute Gasteiger partial charge is 0.338 e. The van der Waals surface area contributed by atoms with Gasteiger partial charge in [0.25, 0.3) is 5.91 Å². The molecule has 0 saturated heterocycles. The molecule has 110 valence electrons. The number of nitrogens with one attached hydrogen (secondary N) is 1. The molecule has 1 aliphatic rings. The molecule has 1 aliphatic heterocycles. The van der Waals surface area contributed by atoms with Crippen molar-refractivity contribution in [3.63, 3.8) is 0 Å². The minimum atomic E-state index is 0.211. The highest BCUT2D eigenvalue weighted by Crippen LogP contribution is 2.19. The van der Waals surface area contributed by atoms with Crippen molar-refractivity contribution in [1.29, 1.82) is 0 Å². The summed E-state index contributed by atoms with van der Waals surface area (Å²) in [5.74, 6) is 0.211. The zero-order valence-electron chi connectivity index (χ0n) is 12.7. The van der Waals surface area contributed by atoms with Gasteiger partial charge < -0.3 is 10.2 Å². The van der Waals surface area contributed by atoms with Gasteiger partial charge in [-0.05, 0) is 43.9 Å². The monoisotopic (exact) mass is 274 g/mol. The van der Waals surface area contributed by atoms with E-state index in [2.05, 4.69) is 25.2 Å². The molecule has 1 atom stereocenters. The van der Waals surface area contributed by atoms with Crippen molar-refractivity contribution in [1.82, 2.24) is 10.2 Å². The van der Waals surface area contributed by atoms with Crippen molar-refractivity contribution in [3.8, 4) is 0 Å². The molecule has 0 fully saturated rings. The van der Waals surface area contributed by atoms with Gasteiger partial charge in [-0.3, -0.25) is 4.79 Å². The van der Waals surface area contributed by atoms with Gasteiger partial charge in [0.05, 0.1) is 0 Å². The second kappa shape index (κ2) is 7.44. The summed E-state index contributed by atoms with van der Waals surface area (Å²) >= 11 is 0. The van der Waals surface area contributed by atoms with Crippen molar-refractivity contribution in [2.45, 2.75) is 45.6 Å². The van der Waals surface area contributed by atoms with Crippen LogP contribution in [-0.4, -0.2) is 36.5 Å². The lowest BCUT2D eigenvalue weighted by Gasteiger charge is -2.29. The van der Waals surface area contributed by atoms with Gasteiger partial charge in [-0.15, -0.1) is 0 Å². The number of carbonyl (C=O) groups is 1. The Morgan fingerprint density at radius 3 is 2.85 bits per heavy atom. The van der Waals surface area contributed by atoms with E-state index in [9.17, 15) is 4.79 Å². The molecule has 3 nitrogen and oxygen atoms in total. The Labute approximate surface area is 122 Å².